The summed E-state index contributed by atoms with van der Waals surface area (Å²) in [5.74, 6) is 0.807. The molecule has 0 amide bonds. The van der Waals surface area contributed by atoms with Crippen LogP contribution in [0.25, 0.3) is 11.3 Å². The van der Waals surface area contributed by atoms with E-state index in [1.165, 1.54) is 0 Å². The lowest BCUT2D eigenvalue weighted by Crippen LogP contribution is -2.23. The van der Waals surface area contributed by atoms with Gasteiger partial charge >= 0.3 is 0 Å². The van der Waals surface area contributed by atoms with E-state index < -0.39 is 0 Å². The molecule has 1 saturated heterocycles. The third-order valence-electron chi connectivity index (χ3n) is 3.65. The van der Waals surface area contributed by atoms with Crippen molar-refractivity contribution in [3.05, 3.63) is 45.3 Å². The maximum atomic E-state index is 5.86. The van der Waals surface area contributed by atoms with Crippen molar-refractivity contribution in [2.24, 2.45) is 0 Å². The average Bonchev–Trinajstić information content (AvgIpc) is 2.91. The van der Waals surface area contributed by atoms with E-state index >= 15 is 0 Å². The van der Waals surface area contributed by atoms with Crippen LogP contribution in [0.5, 0.6) is 0 Å². The van der Waals surface area contributed by atoms with Crippen LogP contribution in [-0.4, -0.2) is 16.6 Å². The molecule has 2 aromatic rings. The quantitative estimate of drug-likeness (QED) is 0.804. The number of nitrogens with zero attached hydrogens (tertiary/aromatic N) is 1. The first-order valence-corrected chi connectivity index (χ1v) is 7.80. The van der Waals surface area contributed by atoms with E-state index in [4.69, 9.17) is 17.0 Å². The summed E-state index contributed by atoms with van der Waals surface area (Å²) in [7, 11) is 0. The van der Waals surface area contributed by atoms with Crippen LogP contribution in [-0.2, 0) is 10.3 Å². The Kier molecular flexibility index (Phi) is 3.75. The van der Waals surface area contributed by atoms with Gasteiger partial charge in [-0.1, -0.05) is 42.5 Å². The summed E-state index contributed by atoms with van der Waals surface area (Å²) in [6.07, 6.45) is 2.01. The van der Waals surface area contributed by atoms with Gasteiger partial charge in [-0.2, -0.15) is 0 Å². The number of aromatic amines is 1. The van der Waals surface area contributed by atoms with Crippen molar-refractivity contribution in [2.45, 2.75) is 25.4 Å². The fraction of sp³-hybridized carbons (Fsp3) is 0.333. The number of ether oxygens (including phenoxy) is 1. The van der Waals surface area contributed by atoms with Crippen LogP contribution < -0.4 is 0 Å². The third kappa shape index (κ3) is 2.45. The van der Waals surface area contributed by atoms with Crippen molar-refractivity contribution in [3.63, 3.8) is 0 Å². The van der Waals surface area contributed by atoms with Gasteiger partial charge in [-0.05, 0) is 41.3 Å². The Labute approximate surface area is 131 Å². The zero-order chi connectivity index (χ0) is 14.2. The molecule has 0 saturated carbocycles. The topological polar surface area (TPSA) is 37.9 Å². The lowest BCUT2D eigenvalue weighted by Gasteiger charge is -2.23. The molecule has 1 aliphatic heterocycles. The second-order valence-electron chi connectivity index (χ2n) is 5.13. The van der Waals surface area contributed by atoms with Crippen LogP contribution in [0.1, 0.15) is 25.6 Å². The minimum Gasteiger partial charge on any atom is -0.367 e. The highest BCUT2D eigenvalue weighted by molar-refractivity contribution is 9.10. The van der Waals surface area contributed by atoms with Crippen LogP contribution in [0.3, 0.4) is 0 Å². The Bertz CT molecular complexity index is 678. The molecule has 5 heteroatoms. The number of hydrogen-bond acceptors (Lipinski definition) is 3. The van der Waals surface area contributed by atoms with Gasteiger partial charge in [0.1, 0.15) is 16.1 Å². The van der Waals surface area contributed by atoms with Crippen LogP contribution >= 0.6 is 28.1 Å². The van der Waals surface area contributed by atoms with Gasteiger partial charge in [0.15, 0.2) is 0 Å². The highest BCUT2D eigenvalue weighted by Gasteiger charge is 2.34. The first-order valence-electron chi connectivity index (χ1n) is 6.60. The fourth-order valence-electron chi connectivity index (χ4n) is 2.48. The highest BCUT2D eigenvalue weighted by atomic mass is 79.9. The van der Waals surface area contributed by atoms with Crippen LogP contribution in [0.2, 0.25) is 0 Å². The highest BCUT2D eigenvalue weighted by Crippen LogP contribution is 2.36. The molecule has 20 heavy (non-hydrogen) atoms. The van der Waals surface area contributed by atoms with Gasteiger partial charge in [-0.3, -0.25) is 0 Å². The van der Waals surface area contributed by atoms with Gasteiger partial charge in [0, 0.05) is 6.61 Å². The smallest absolute Gasteiger partial charge is 0.144 e. The molecule has 1 N–H and O–H groups in total. The molecule has 3 nitrogen and oxygen atoms in total. The number of hydrogen-bond donors (Lipinski definition) is 1. The van der Waals surface area contributed by atoms with E-state index in [1.54, 1.807) is 0 Å². The predicted octanol–water partition coefficient (Wildman–Crippen LogP) is 4.59. The second kappa shape index (κ2) is 5.39. The number of aromatic nitrogens is 2. The first-order chi connectivity index (χ1) is 9.60. The van der Waals surface area contributed by atoms with Crippen molar-refractivity contribution in [1.82, 2.24) is 9.97 Å². The SMILES string of the molecule is CC1(c2nc(=S)c(Br)c(-c3ccccc3)[nH]2)CCCO1. The molecule has 1 unspecified atom stereocenters. The van der Waals surface area contributed by atoms with E-state index in [0.29, 0.717) is 4.64 Å². The lowest BCUT2D eigenvalue weighted by molar-refractivity contribution is 0.00930. The number of nitrogens with one attached hydrogen (secondary N) is 1. The van der Waals surface area contributed by atoms with Crippen molar-refractivity contribution >= 4 is 28.1 Å². The Morgan fingerprint density at radius 3 is 2.75 bits per heavy atom. The van der Waals surface area contributed by atoms with Gasteiger partial charge in [-0.25, -0.2) is 4.98 Å². The summed E-state index contributed by atoms with van der Waals surface area (Å²) >= 11 is 8.92. The maximum Gasteiger partial charge on any atom is 0.144 e. The molecule has 0 spiro atoms. The summed E-state index contributed by atoms with van der Waals surface area (Å²) in [5.41, 5.74) is 1.67. The molecule has 1 atom stereocenters. The van der Waals surface area contributed by atoms with Crippen LogP contribution in [0, 0.1) is 4.64 Å². The summed E-state index contributed by atoms with van der Waals surface area (Å²) in [4.78, 5) is 7.90. The molecule has 1 aromatic heterocycles. The zero-order valence-electron chi connectivity index (χ0n) is 11.1. The maximum absolute atomic E-state index is 5.86. The zero-order valence-corrected chi connectivity index (χ0v) is 13.6. The normalized spacial score (nSPS) is 22.1. The summed E-state index contributed by atoms with van der Waals surface area (Å²) in [6.45, 7) is 2.84. The van der Waals surface area contributed by atoms with Gasteiger partial charge in [0.25, 0.3) is 0 Å². The lowest BCUT2D eigenvalue weighted by atomic mass is 10.0. The molecule has 1 fully saturated rings. The van der Waals surface area contributed by atoms with E-state index in [-0.39, 0.29) is 5.60 Å². The molecule has 1 aliphatic rings. The minimum absolute atomic E-state index is 0.363. The Balaban J connectivity index is 2.16. The van der Waals surface area contributed by atoms with E-state index in [0.717, 1.165) is 41.0 Å². The monoisotopic (exact) mass is 350 g/mol. The van der Waals surface area contributed by atoms with Gasteiger partial charge in [0.05, 0.1) is 10.2 Å². The molecule has 2 heterocycles. The molecular formula is C15H15BrN2OS. The van der Waals surface area contributed by atoms with Crippen molar-refractivity contribution in [3.8, 4) is 11.3 Å². The first kappa shape index (κ1) is 13.9. The Morgan fingerprint density at radius 2 is 2.10 bits per heavy atom. The third-order valence-corrected chi connectivity index (χ3v) is 4.98. The van der Waals surface area contributed by atoms with E-state index in [9.17, 15) is 0 Å². The Hall–Kier alpha value is -1.04. The molecule has 3 rings (SSSR count). The van der Waals surface area contributed by atoms with Crippen LogP contribution in [0.15, 0.2) is 34.8 Å². The number of benzene rings is 1. The number of halogens is 1. The van der Waals surface area contributed by atoms with E-state index in [2.05, 4.69) is 32.8 Å². The average molecular weight is 351 g/mol. The standard InChI is InChI=1S/C15H15BrN2OS/c1-15(8-5-9-19-15)14-17-12(11(16)13(20)18-14)10-6-3-2-4-7-10/h2-4,6-7H,5,8-9H2,1H3,(H,17,18,20). The Morgan fingerprint density at radius 1 is 1.35 bits per heavy atom. The summed E-state index contributed by atoms with van der Waals surface area (Å²) < 4.78 is 7.24. The molecule has 0 radical (unpaired) electrons. The summed E-state index contributed by atoms with van der Waals surface area (Å²) in [5, 5.41) is 0. The molecule has 104 valence electrons. The van der Waals surface area contributed by atoms with Crippen molar-refractivity contribution in [2.75, 3.05) is 6.61 Å². The second-order valence-corrected chi connectivity index (χ2v) is 6.31. The van der Waals surface area contributed by atoms with Gasteiger partial charge in [-0.15, -0.1) is 0 Å². The van der Waals surface area contributed by atoms with Crippen LogP contribution in [0.4, 0.5) is 0 Å². The van der Waals surface area contributed by atoms with Crippen molar-refractivity contribution < 1.29 is 4.74 Å². The largest absolute Gasteiger partial charge is 0.367 e. The minimum atomic E-state index is -0.363. The van der Waals surface area contributed by atoms with E-state index in [1.807, 2.05) is 30.3 Å². The van der Waals surface area contributed by atoms with Gasteiger partial charge < -0.3 is 9.72 Å². The number of rotatable bonds is 2. The van der Waals surface area contributed by atoms with Gasteiger partial charge in [0.2, 0.25) is 0 Å². The predicted molar refractivity (Wildman–Crippen MR) is 85.1 cm³/mol. The molecule has 0 aliphatic carbocycles. The summed E-state index contributed by atoms with van der Waals surface area (Å²) in [6, 6.07) is 10.1. The molecular weight excluding hydrogens is 336 g/mol. The molecule has 1 aromatic carbocycles. The van der Waals surface area contributed by atoms with Crippen molar-refractivity contribution in [1.29, 1.82) is 0 Å². The fourth-order valence-corrected chi connectivity index (χ4v) is 3.09. The molecule has 0 bridgehead atoms. The number of H-pyrrole nitrogens is 1.